The van der Waals surface area contributed by atoms with Crippen LogP contribution in [0.5, 0.6) is 0 Å². The smallest absolute Gasteiger partial charge is 0.189 e. The van der Waals surface area contributed by atoms with Gasteiger partial charge in [0, 0.05) is 36.3 Å². The van der Waals surface area contributed by atoms with Crippen molar-refractivity contribution in [2.75, 3.05) is 0 Å². The van der Waals surface area contributed by atoms with Gasteiger partial charge in [0.05, 0.1) is 11.8 Å². The van der Waals surface area contributed by atoms with E-state index in [1.807, 2.05) is 37.3 Å². The maximum absolute atomic E-state index is 12.1. The van der Waals surface area contributed by atoms with Gasteiger partial charge in [0.1, 0.15) is 0 Å². The fraction of sp³-hybridized carbons (Fsp3) is 0.111. The van der Waals surface area contributed by atoms with E-state index in [1.165, 1.54) is 6.08 Å². The highest BCUT2D eigenvalue weighted by atomic mass is 16.1. The van der Waals surface area contributed by atoms with Crippen LogP contribution in [0.15, 0.2) is 61.2 Å². The highest BCUT2D eigenvalue weighted by Crippen LogP contribution is 2.13. The molecular weight excluding hydrogens is 288 g/mol. The summed E-state index contributed by atoms with van der Waals surface area (Å²) in [5.41, 5.74) is 2.32. The zero-order chi connectivity index (χ0) is 16.1. The Kier molecular flexibility index (Phi) is 4.38. The van der Waals surface area contributed by atoms with Crippen LogP contribution in [0.2, 0.25) is 0 Å². The Labute approximate surface area is 134 Å². The normalized spacial score (nSPS) is 11.0. The molecule has 2 aromatic heterocycles. The van der Waals surface area contributed by atoms with Crippen LogP contribution in [0.3, 0.4) is 0 Å². The van der Waals surface area contributed by atoms with E-state index in [0.29, 0.717) is 11.4 Å². The number of carbonyl (C=O) groups is 1. The van der Waals surface area contributed by atoms with Crippen molar-refractivity contribution in [3.8, 4) is 11.4 Å². The minimum atomic E-state index is -0.0863. The lowest BCUT2D eigenvalue weighted by Crippen LogP contribution is -1.94. The molecule has 0 saturated heterocycles. The molecule has 5 heteroatoms. The van der Waals surface area contributed by atoms with Crippen LogP contribution in [-0.2, 0) is 6.54 Å². The molecule has 0 aliphatic carbocycles. The van der Waals surface area contributed by atoms with Crippen LogP contribution in [0.25, 0.3) is 17.5 Å². The van der Waals surface area contributed by atoms with Gasteiger partial charge in [0.25, 0.3) is 0 Å². The third-order valence-corrected chi connectivity index (χ3v) is 3.37. The third kappa shape index (κ3) is 3.58. The highest BCUT2D eigenvalue weighted by Gasteiger charge is 2.05. The predicted octanol–water partition coefficient (Wildman–Crippen LogP) is 3.26. The Morgan fingerprint density at radius 1 is 1.13 bits per heavy atom. The molecule has 0 amide bonds. The number of benzene rings is 1. The number of nitrogens with zero attached hydrogens (tertiary/aromatic N) is 4. The van der Waals surface area contributed by atoms with Crippen LogP contribution >= 0.6 is 0 Å². The van der Waals surface area contributed by atoms with Gasteiger partial charge in [-0.1, -0.05) is 30.3 Å². The summed E-state index contributed by atoms with van der Waals surface area (Å²) < 4.78 is 1.72. The minimum absolute atomic E-state index is 0.0863. The number of hydrogen-bond acceptors (Lipinski definition) is 4. The van der Waals surface area contributed by atoms with Gasteiger partial charge in [-0.3, -0.25) is 9.48 Å². The zero-order valence-corrected chi connectivity index (χ0v) is 12.8. The van der Waals surface area contributed by atoms with Crippen molar-refractivity contribution in [2.24, 2.45) is 0 Å². The van der Waals surface area contributed by atoms with Gasteiger partial charge in [-0.25, -0.2) is 9.97 Å². The van der Waals surface area contributed by atoms with Gasteiger partial charge >= 0.3 is 0 Å². The molecule has 0 spiro atoms. The quantitative estimate of drug-likeness (QED) is 0.536. The van der Waals surface area contributed by atoms with E-state index >= 15 is 0 Å². The predicted molar refractivity (Wildman–Crippen MR) is 88.7 cm³/mol. The van der Waals surface area contributed by atoms with Crippen molar-refractivity contribution in [1.82, 2.24) is 19.7 Å². The minimum Gasteiger partial charge on any atom is -0.289 e. The van der Waals surface area contributed by atoms with Crippen molar-refractivity contribution < 1.29 is 4.79 Å². The monoisotopic (exact) mass is 304 g/mol. The number of carbonyl (C=O) groups excluding carboxylic acids is 1. The van der Waals surface area contributed by atoms with Crippen molar-refractivity contribution in [3.05, 3.63) is 72.3 Å². The van der Waals surface area contributed by atoms with E-state index in [9.17, 15) is 4.79 Å². The van der Waals surface area contributed by atoms with Crippen LogP contribution < -0.4 is 0 Å². The Balaban J connectivity index is 1.71. The topological polar surface area (TPSA) is 60.7 Å². The van der Waals surface area contributed by atoms with E-state index in [0.717, 1.165) is 17.7 Å². The largest absolute Gasteiger partial charge is 0.289 e. The van der Waals surface area contributed by atoms with Crippen LogP contribution in [-0.4, -0.2) is 25.5 Å². The molecule has 5 nitrogen and oxygen atoms in total. The van der Waals surface area contributed by atoms with Gasteiger partial charge in [0.2, 0.25) is 0 Å². The molecule has 3 rings (SSSR count). The van der Waals surface area contributed by atoms with E-state index in [2.05, 4.69) is 15.1 Å². The molecule has 0 aliphatic heterocycles. The number of aryl methyl sites for hydroxylation is 1. The fourth-order valence-corrected chi connectivity index (χ4v) is 2.09. The second-order valence-electron chi connectivity index (χ2n) is 4.99. The Morgan fingerprint density at radius 3 is 2.52 bits per heavy atom. The SMILES string of the molecule is CCn1cc(C(=O)/C=C/c2cnc(-c3ccccc3)nc2)cn1. The molecule has 0 radical (unpaired) electrons. The number of rotatable bonds is 5. The Bertz CT molecular complexity index is 820. The van der Waals surface area contributed by atoms with Crippen LogP contribution in [0.1, 0.15) is 22.8 Å². The average Bonchev–Trinajstić information content (AvgIpc) is 3.10. The Morgan fingerprint density at radius 2 is 1.87 bits per heavy atom. The molecule has 0 bridgehead atoms. The second kappa shape index (κ2) is 6.79. The van der Waals surface area contributed by atoms with Crippen molar-refractivity contribution in [1.29, 1.82) is 0 Å². The van der Waals surface area contributed by atoms with Gasteiger partial charge in [-0.15, -0.1) is 0 Å². The lowest BCUT2D eigenvalue weighted by Gasteiger charge is -1.99. The highest BCUT2D eigenvalue weighted by molar-refractivity contribution is 6.06. The fourth-order valence-electron chi connectivity index (χ4n) is 2.09. The maximum Gasteiger partial charge on any atom is 0.189 e. The van der Waals surface area contributed by atoms with Crippen molar-refractivity contribution >= 4 is 11.9 Å². The second-order valence-corrected chi connectivity index (χ2v) is 4.99. The number of allylic oxidation sites excluding steroid dienone is 1. The van der Waals surface area contributed by atoms with Gasteiger partial charge in [-0.2, -0.15) is 5.10 Å². The lowest BCUT2D eigenvalue weighted by molar-refractivity contribution is 0.104. The lowest BCUT2D eigenvalue weighted by atomic mass is 10.2. The van der Waals surface area contributed by atoms with E-state index in [-0.39, 0.29) is 5.78 Å². The first-order valence-corrected chi connectivity index (χ1v) is 7.38. The van der Waals surface area contributed by atoms with Crippen molar-refractivity contribution in [3.63, 3.8) is 0 Å². The zero-order valence-electron chi connectivity index (χ0n) is 12.8. The first kappa shape index (κ1) is 14.8. The molecule has 0 unspecified atom stereocenters. The molecule has 0 fully saturated rings. The summed E-state index contributed by atoms with van der Waals surface area (Å²) in [7, 11) is 0. The van der Waals surface area contributed by atoms with E-state index in [1.54, 1.807) is 35.5 Å². The Hall–Kier alpha value is -3.08. The summed E-state index contributed by atoms with van der Waals surface area (Å²) in [4.78, 5) is 20.7. The number of aromatic nitrogens is 4. The summed E-state index contributed by atoms with van der Waals surface area (Å²) in [6.07, 6.45) is 9.94. The van der Waals surface area contributed by atoms with E-state index < -0.39 is 0 Å². The third-order valence-electron chi connectivity index (χ3n) is 3.37. The standard InChI is InChI=1S/C18H16N4O/c1-2-22-13-16(12-21-22)17(23)9-8-14-10-19-18(20-11-14)15-6-4-3-5-7-15/h3-13H,2H2,1H3/b9-8+. The molecule has 3 aromatic rings. The van der Waals surface area contributed by atoms with Gasteiger partial charge in [-0.05, 0) is 19.1 Å². The number of ketones is 1. The van der Waals surface area contributed by atoms with Gasteiger partial charge < -0.3 is 0 Å². The van der Waals surface area contributed by atoms with Crippen molar-refractivity contribution in [2.45, 2.75) is 13.5 Å². The first-order chi connectivity index (χ1) is 11.3. The molecule has 0 aliphatic rings. The molecule has 1 aromatic carbocycles. The maximum atomic E-state index is 12.1. The summed E-state index contributed by atoms with van der Waals surface area (Å²) in [6.45, 7) is 2.72. The summed E-state index contributed by atoms with van der Waals surface area (Å²) in [6, 6.07) is 9.76. The molecular formula is C18H16N4O. The van der Waals surface area contributed by atoms with Crippen LogP contribution in [0, 0.1) is 0 Å². The molecule has 23 heavy (non-hydrogen) atoms. The van der Waals surface area contributed by atoms with Gasteiger partial charge in [0.15, 0.2) is 11.6 Å². The van der Waals surface area contributed by atoms with E-state index in [4.69, 9.17) is 0 Å². The average molecular weight is 304 g/mol. The number of hydrogen-bond donors (Lipinski definition) is 0. The van der Waals surface area contributed by atoms with Crippen LogP contribution in [0.4, 0.5) is 0 Å². The first-order valence-electron chi connectivity index (χ1n) is 7.38. The summed E-state index contributed by atoms with van der Waals surface area (Å²) in [5.74, 6) is 0.579. The summed E-state index contributed by atoms with van der Waals surface area (Å²) >= 11 is 0. The summed E-state index contributed by atoms with van der Waals surface area (Å²) in [5, 5.41) is 4.09. The molecule has 0 atom stereocenters. The molecule has 0 saturated carbocycles. The molecule has 2 heterocycles. The molecule has 0 N–H and O–H groups in total. The molecule has 114 valence electrons.